The highest BCUT2D eigenvalue weighted by atomic mass is 35.5. The summed E-state index contributed by atoms with van der Waals surface area (Å²) in [5, 5.41) is 1.61. The van der Waals surface area contributed by atoms with E-state index in [1.54, 1.807) is 11.8 Å². The van der Waals surface area contributed by atoms with Crippen molar-refractivity contribution < 1.29 is 0 Å². The Morgan fingerprint density at radius 3 is 3.00 bits per heavy atom. The van der Waals surface area contributed by atoms with Crippen LogP contribution in [0.3, 0.4) is 0 Å². The Kier molecular flexibility index (Phi) is 3.85. The summed E-state index contributed by atoms with van der Waals surface area (Å²) < 4.78 is 0. The van der Waals surface area contributed by atoms with Crippen LogP contribution in [-0.4, -0.2) is 0 Å². The van der Waals surface area contributed by atoms with Crippen molar-refractivity contribution in [3.05, 3.63) is 51.5 Å². The van der Waals surface area contributed by atoms with Gasteiger partial charge in [-0.1, -0.05) is 48.5 Å². The van der Waals surface area contributed by atoms with Crippen molar-refractivity contribution in [2.75, 3.05) is 0 Å². The highest BCUT2D eigenvalue weighted by molar-refractivity contribution is 8.11. The third kappa shape index (κ3) is 2.70. The first kappa shape index (κ1) is 12.6. The van der Waals surface area contributed by atoms with E-state index < -0.39 is 0 Å². The molecule has 17 heavy (non-hydrogen) atoms. The quantitative estimate of drug-likeness (QED) is 0.836. The molecule has 0 spiro atoms. The van der Waals surface area contributed by atoms with Crippen LogP contribution in [0.5, 0.6) is 0 Å². The lowest BCUT2D eigenvalue weighted by molar-refractivity contribution is 0.771. The number of halogens is 1. The number of fused-ring (bicyclic) bond motifs is 1. The first-order valence-electron chi connectivity index (χ1n) is 5.71. The molecule has 1 aromatic rings. The van der Waals surface area contributed by atoms with Gasteiger partial charge in [0.1, 0.15) is 0 Å². The van der Waals surface area contributed by atoms with Gasteiger partial charge in [-0.05, 0) is 42.5 Å². The van der Waals surface area contributed by atoms with Crippen LogP contribution in [-0.2, 0) is 0 Å². The fourth-order valence-corrected chi connectivity index (χ4v) is 2.99. The predicted molar refractivity (Wildman–Crippen MR) is 78.0 cm³/mol. The summed E-state index contributed by atoms with van der Waals surface area (Å²) in [4.78, 5) is 1.22. The minimum absolute atomic E-state index is 0.554. The molecule has 0 aliphatic heterocycles. The van der Waals surface area contributed by atoms with Gasteiger partial charge in [0.05, 0.1) is 5.03 Å². The summed E-state index contributed by atoms with van der Waals surface area (Å²) >= 11 is 7.69. The number of hydrogen-bond donors (Lipinski definition) is 1. The Labute approximate surface area is 112 Å². The van der Waals surface area contributed by atoms with Crippen LogP contribution in [0.1, 0.15) is 37.3 Å². The van der Waals surface area contributed by atoms with E-state index in [0.29, 0.717) is 5.92 Å². The minimum Gasteiger partial charge on any atom is -0.394 e. The molecule has 0 aromatic heterocycles. The van der Waals surface area contributed by atoms with E-state index in [1.165, 1.54) is 16.0 Å². The van der Waals surface area contributed by atoms with Gasteiger partial charge < -0.3 is 5.73 Å². The Bertz CT molecular complexity index is 491. The van der Waals surface area contributed by atoms with Crippen molar-refractivity contribution >= 4 is 28.3 Å². The average molecular weight is 266 g/mol. The van der Waals surface area contributed by atoms with Gasteiger partial charge in [-0.3, -0.25) is 0 Å². The first-order valence-corrected chi connectivity index (χ1v) is 6.91. The van der Waals surface area contributed by atoms with Gasteiger partial charge >= 0.3 is 0 Å². The SMILES string of the molecule is C/C=C(\N)SC1=CCC(C)c2ccc(Cl)cc21. The molecule has 0 saturated carbocycles. The number of hydrogen-bond acceptors (Lipinski definition) is 2. The van der Waals surface area contributed by atoms with Gasteiger partial charge in [0.15, 0.2) is 0 Å². The lowest BCUT2D eigenvalue weighted by Gasteiger charge is -2.22. The zero-order valence-corrected chi connectivity index (χ0v) is 11.6. The maximum Gasteiger partial charge on any atom is 0.0660 e. The molecule has 1 unspecified atom stereocenters. The molecule has 0 heterocycles. The van der Waals surface area contributed by atoms with Gasteiger partial charge in [0.2, 0.25) is 0 Å². The van der Waals surface area contributed by atoms with Crippen molar-refractivity contribution in [2.24, 2.45) is 5.73 Å². The van der Waals surface area contributed by atoms with Gasteiger partial charge in [0, 0.05) is 9.93 Å². The molecule has 0 bridgehead atoms. The van der Waals surface area contributed by atoms with Crippen molar-refractivity contribution in [3.8, 4) is 0 Å². The molecule has 1 aliphatic rings. The molecule has 0 amide bonds. The van der Waals surface area contributed by atoms with Crippen LogP contribution in [0.15, 0.2) is 35.4 Å². The summed E-state index contributed by atoms with van der Waals surface area (Å²) in [5.41, 5.74) is 8.48. The molecular weight excluding hydrogens is 250 g/mol. The minimum atomic E-state index is 0.554. The largest absolute Gasteiger partial charge is 0.394 e. The van der Waals surface area contributed by atoms with Crippen molar-refractivity contribution in [3.63, 3.8) is 0 Å². The molecule has 0 saturated heterocycles. The van der Waals surface area contributed by atoms with E-state index in [9.17, 15) is 0 Å². The summed E-state index contributed by atoms with van der Waals surface area (Å²) in [6.45, 7) is 4.19. The standard InChI is InChI=1S/C14H16ClNS/c1-3-14(16)17-13-7-4-9(2)11-6-5-10(15)8-12(11)13/h3,5-9H,4,16H2,1-2H3/b14-3+. The van der Waals surface area contributed by atoms with E-state index in [2.05, 4.69) is 19.1 Å². The number of allylic oxidation sites excluding steroid dienone is 2. The van der Waals surface area contributed by atoms with Crippen LogP contribution >= 0.6 is 23.4 Å². The Balaban J connectivity index is 2.41. The Morgan fingerprint density at radius 1 is 1.53 bits per heavy atom. The lowest BCUT2D eigenvalue weighted by atomic mass is 9.88. The zero-order valence-electron chi connectivity index (χ0n) is 10.0. The highest BCUT2D eigenvalue weighted by Crippen LogP contribution is 2.42. The van der Waals surface area contributed by atoms with Gasteiger partial charge in [-0.15, -0.1) is 0 Å². The van der Waals surface area contributed by atoms with E-state index in [0.717, 1.165) is 16.5 Å². The van der Waals surface area contributed by atoms with Crippen LogP contribution in [0, 0.1) is 0 Å². The second kappa shape index (κ2) is 5.19. The monoisotopic (exact) mass is 265 g/mol. The third-order valence-corrected chi connectivity index (χ3v) is 4.29. The fraction of sp³-hybridized carbons (Fsp3) is 0.286. The molecular formula is C14H16ClNS. The molecule has 1 nitrogen and oxygen atoms in total. The molecule has 0 fully saturated rings. The zero-order chi connectivity index (χ0) is 12.4. The number of thioether (sulfide) groups is 1. The normalized spacial score (nSPS) is 19.8. The molecule has 2 rings (SSSR count). The molecule has 1 atom stereocenters. The fourth-order valence-electron chi connectivity index (χ4n) is 1.97. The van der Waals surface area contributed by atoms with Crippen LogP contribution in [0.25, 0.3) is 4.91 Å². The average Bonchev–Trinajstić information content (AvgIpc) is 2.32. The predicted octanol–water partition coefficient (Wildman–Crippen LogP) is 4.74. The van der Waals surface area contributed by atoms with Crippen LogP contribution in [0.2, 0.25) is 5.02 Å². The van der Waals surface area contributed by atoms with Crippen LogP contribution < -0.4 is 5.73 Å². The molecule has 90 valence electrons. The smallest absolute Gasteiger partial charge is 0.0660 e. The number of nitrogens with two attached hydrogens (primary N) is 1. The molecule has 0 radical (unpaired) electrons. The Morgan fingerprint density at radius 2 is 2.29 bits per heavy atom. The summed E-state index contributed by atoms with van der Waals surface area (Å²) in [6.07, 6.45) is 5.24. The van der Waals surface area contributed by atoms with E-state index in [1.807, 2.05) is 25.1 Å². The highest BCUT2D eigenvalue weighted by Gasteiger charge is 2.19. The topological polar surface area (TPSA) is 26.0 Å². The summed E-state index contributed by atoms with van der Waals surface area (Å²) in [6, 6.07) is 6.12. The van der Waals surface area contributed by atoms with Gasteiger partial charge in [0.25, 0.3) is 0 Å². The van der Waals surface area contributed by atoms with Crippen molar-refractivity contribution in [1.82, 2.24) is 0 Å². The molecule has 3 heteroatoms. The maximum absolute atomic E-state index is 6.08. The number of rotatable bonds is 2. The van der Waals surface area contributed by atoms with Crippen molar-refractivity contribution in [1.29, 1.82) is 0 Å². The molecule has 2 N–H and O–H groups in total. The lowest BCUT2D eigenvalue weighted by Crippen LogP contribution is -2.04. The third-order valence-electron chi connectivity index (χ3n) is 2.98. The maximum atomic E-state index is 6.08. The summed E-state index contributed by atoms with van der Waals surface area (Å²) in [7, 11) is 0. The van der Waals surface area contributed by atoms with Gasteiger partial charge in [-0.2, -0.15) is 0 Å². The molecule has 1 aliphatic carbocycles. The Hall–Kier alpha value is -0.860. The second-order valence-electron chi connectivity index (χ2n) is 4.23. The second-order valence-corrected chi connectivity index (χ2v) is 5.78. The molecule has 1 aromatic carbocycles. The first-order chi connectivity index (χ1) is 8.11. The van der Waals surface area contributed by atoms with Crippen LogP contribution in [0.4, 0.5) is 0 Å². The van der Waals surface area contributed by atoms with E-state index in [4.69, 9.17) is 17.3 Å². The van der Waals surface area contributed by atoms with E-state index in [-0.39, 0.29) is 0 Å². The number of benzene rings is 1. The van der Waals surface area contributed by atoms with Crippen molar-refractivity contribution in [2.45, 2.75) is 26.2 Å². The van der Waals surface area contributed by atoms with E-state index >= 15 is 0 Å². The van der Waals surface area contributed by atoms with Gasteiger partial charge in [-0.25, -0.2) is 0 Å². The summed E-state index contributed by atoms with van der Waals surface area (Å²) in [5.74, 6) is 0.554.